The fourth-order valence-corrected chi connectivity index (χ4v) is 4.69. The van der Waals surface area contributed by atoms with E-state index in [1.54, 1.807) is 48.2 Å². The molecule has 6 nitrogen and oxygen atoms in total. The molecule has 0 radical (unpaired) electrons. The van der Waals surface area contributed by atoms with Gasteiger partial charge in [-0.1, -0.05) is 29.8 Å². The van der Waals surface area contributed by atoms with E-state index in [9.17, 15) is 9.18 Å². The minimum Gasteiger partial charge on any atom is -0.496 e. The summed E-state index contributed by atoms with van der Waals surface area (Å²) in [5, 5.41) is 8.07. The molecule has 0 bridgehead atoms. The molecule has 1 aromatic heterocycles. The molecule has 4 aromatic rings. The number of carbonyl (C=O) groups is 1. The lowest BCUT2D eigenvalue weighted by Crippen LogP contribution is -2.10. The Hall–Kier alpha value is -3.62. The molecule has 0 aliphatic carbocycles. The Labute approximate surface area is 234 Å². The van der Waals surface area contributed by atoms with Crippen LogP contribution in [0.3, 0.4) is 0 Å². The van der Waals surface area contributed by atoms with Crippen molar-refractivity contribution in [1.82, 2.24) is 9.78 Å². The first-order valence-electron chi connectivity index (χ1n) is 11.8. The largest absolute Gasteiger partial charge is 0.496 e. The Bertz CT molecular complexity index is 1490. The van der Waals surface area contributed by atoms with E-state index in [1.807, 2.05) is 32.0 Å². The standard InChI is InChI=1S/C29H26BrClFN3O3/c1-18-29(19(2)35(34-18)16-21-4-9-24(32)10-5-21)33-28(36)13-7-20-6-11-26(37-3)22(14-20)17-38-27-12-8-23(31)15-25(27)30/h4-15H,16-17H2,1-3H3,(H,33,36)/b13-7+. The van der Waals surface area contributed by atoms with Crippen molar-refractivity contribution in [1.29, 1.82) is 0 Å². The van der Waals surface area contributed by atoms with Crippen molar-refractivity contribution in [2.24, 2.45) is 0 Å². The average molecular weight is 599 g/mol. The van der Waals surface area contributed by atoms with Crippen LogP contribution in [0.25, 0.3) is 6.08 Å². The van der Waals surface area contributed by atoms with Crippen LogP contribution in [0, 0.1) is 19.7 Å². The Morgan fingerprint density at radius 1 is 1.11 bits per heavy atom. The van der Waals surface area contributed by atoms with Crippen molar-refractivity contribution in [2.45, 2.75) is 27.0 Å². The van der Waals surface area contributed by atoms with Crippen LogP contribution in [-0.2, 0) is 17.9 Å². The summed E-state index contributed by atoms with van der Waals surface area (Å²) in [5.74, 6) is 0.767. The monoisotopic (exact) mass is 597 g/mol. The zero-order chi connectivity index (χ0) is 27.2. The number of rotatable bonds is 9. The first-order chi connectivity index (χ1) is 18.2. The van der Waals surface area contributed by atoms with E-state index in [-0.39, 0.29) is 18.3 Å². The highest BCUT2D eigenvalue weighted by Crippen LogP contribution is 2.30. The highest BCUT2D eigenvalue weighted by Gasteiger charge is 2.14. The van der Waals surface area contributed by atoms with Gasteiger partial charge in [0.05, 0.1) is 35.2 Å². The van der Waals surface area contributed by atoms with Gasteiger partial charge in [-0.15, -0.1) is 0 Å². The molecule has 0 atom stereocenters. The summed E-state index contributed by atoms with van der Waals surface area (Å²) < 4.78 is 27.2. The number of ether oxygens (including phenoxy) is 2. The van der Waals surface area contributed by atoms with E-state index in [1.165, 1.54) is 18.2 Å². The molecule has 0 fully saturated rings. The second-order valence-electron chi connectivity index (χ2n) is 8.59. The van der Waals surface area contributed by atoms with Gasteiger partial charge in [-0.3, -0.25) is 9.48 Å². The predicted octanol–water partition coefficient (Wildman–Crippen LogP) is 7.34. The lowest BCUT2D eigenvalue weighted by molar-refractivity contribution is -0.111. The summed E-state index contributed by atoms with van der Waals surface area (Å²) in [4.78, 5) is 12.7. The Balaban J connectivity index is 1.43. The number of methoxy groups -OCH3 is 1. The molecule has 1 amide bonds. The number of amides is 1. The fraction of sp³-hybridized carbons (Fsp3) is 0.172. The summed E-state index contributed by atoms with van der Waals surface area (Å²) in [5.41, 5.74) is 4.71. The quantitative estimate of drug-likeness (QED) is 0.205. The smallest absolute Gasteiger partial charge is 0.248 e. The number of halogens is 3. The maximum atomic E-state index is 13.2. The van der Waals surface area contributed by atoms with E-state index in [4.69, 9.17) is 21.1 Å². The van der Waals surface area contributed by atoms with E-state index >= 15 is 0 Å². The van der Waals surface area contributed by atoms with Crippen molar-refractivity contribution in [3.05, 3.63) is 110 Å². The first kappa shape index (κ1) is 27.4. The molecular weight excluding hydrogens is 573 g/mol. The third-order valence-electron chi connectivity index (χ3n) is 5.88. The normalized spacial score (nSPS) is 11.1. The fourth-order valence-electron chi connectivity index (χ4n) is 3.89. The molecule has 3 aromatic carbocycles. The molecule has 1 heterocycles. The highest BCUT2D eigenvalue weighted by molar-refractivity contribution is 9.10. The zero-order valence-electron chi connectivity index (χ0n) is 21.1. The average Bonchev–Trinajstić information content (AvgIpc) is 3.15. The molecule has 0 spiro atoms. The van der Waals surface area contributed by atoms with Crippen molar-refractivity contribution >= 4 is 45.2 Å². The van der Waals surface area contributed by atoms with Crippen molar-refractivity contribution < 1.29 is 18.7 Å². The number of carbonyl (C=O) groups excluding carboxylic acids is 1. The third-order valence-corrected chi connectivity index (χ3v) is 6.74. The van der Waals surface area contributed by atoms with Crippen LogP contribution in [0.1, 0.15) is 28.1 Å². The Kier molecular flexibility index (Phi) is 8.86. The molecule has 38 heavy (non-hydrogen) atoms. The minimum atomic E-state index is -0.284. The van der Waals surface area contributed by atoms with Gasteiger partial charge in [0, 0.05) is 16.7 Å². The Morgan fingerprint density at radius 2 is 1.84 bits per heavy atom. The molecule has 0 aliphatic rings. The zero-order valence-corrected chi connectivity index (χ0v) is 23.4. The molecule has 0 unspecified atom stereocenters. The maximum Gasteiger partial charge on any atom is 0.248 e. The van der Waals surface area contributed by atoms with Gasteiger partial charge < -0.3 is 14.8 Å². The number of aromatic nitrogens is 2. The van der Waals surface area contributed by atoms with Crippen LogP contribution in [-0.4, -0.2) is 22.8 Å². The van der Waals surface area contributed by atoms with Gasteiger partial charge in [-0.05, 0) is 89.4 Å². The van der Waals surface area contributed by atoms with Crippen LogP contribution < -0.4 is 14.8 Å². The van der Waals surface area contributed by atoms with Crippen molar-refractivity contribution in [2.75, 3.05) is 12.4 Å². The van der Waals surface area contributed by atoms with Crippen molar-refractivity contribution in [3.8, 4) is 11.5 Å². The molecule has 0 saturated carbocycles. The molecule has 4 rings (SSSR count). The molecule has 0 saturated heterocycles. The van der Waals surface area contributed by atoms with Crippen LogP contribution in [0.2, 0.25) is 5.02 Å². The topological polar surface area (TPSA) is 65.4 Å². The number of nitrogens with one attached hydrogen (secondary N) is 1. The number of anilines is 1. The maximum absolute atomic E-state index is 13.2. The van der Waals surface area contributed by atoms with Gasteiger partial charge in [0.15, 0.2) is 0 Å². The second kappa shape index (κ2) is 12.3. The lowest BCUT2D eigenvalue weighted by atomic mass is 10.1. The summed E-state index contributed by atoms with van der Waals surface area (Å²) >= 11 is 9.46. The van der Waals surface area contributed by atoms with E-state index in [2.05, 4.69) is 26.3 Å². The van der Waals surface area contributed by atoms with Gasteiger partial charge in [0.25, 0.3) is 0 Å². The number of hydrogen-bond donors (Lipinski definition) is 1. The van der Waals surface area contributed by atoms with Gasteiger partial charge in [-0.2, -0.15) is 5.10 Å². The number of nitrogens with zero attached hydrogens (tertiary/aromatic N) is 2. The number of aryl methyl sites for hydroxylation is 1. The lowest BCUT2D eigenvalue weighted by Gasteiger charge is -2.12. The minimum absolute atomic E-state index is 0.267. The molecule has 0 aliphatic heterocycles. The highest BCUT2D eigenvalue weighted by atomic mass is 79.9. The van der Waals surface area contributed by atoms with E-state index in [0.29, 0.717) is 34.4 Å². The molecule has 196 valence electrons. The van der Waals surface area contributed by atoms with Crippen LogP contribution >= 0.6 is 27.5 Å². The molecule has 1 N–H and O–H groups in total. The summed E-state index contributed by atoms with van der Waals surface area (Å²) in [6, 6.07) is 17.2. The Morgan fingerprint density at radius 3 is 2.55 bits per heavy atom. The first-order valence-corrected chi connectivity index (χ1v) is 12.9. The number of benzene rings is 3. The van der Waals surface area contributed by atoms with E-state index < -0.39 is 0 Å². The van der Waals surface area contributed by atoms with Crippen LogP contribution in [0.5, 0.6) is 11.5 Å². The summed E-state index contributed by atoms with van der Waals surface area (Å²) in [6.07, 6.45) is 3.20. The summed E-state index contributed by atoms with van der Waals surface area (Å²) in [6.45, 7) is 4.46. The van der Waals surface area contributed by atoms with Gasteiger partial charge in [-0.25, -0.2) is 4.39 Å². The third kappa shape index (κ3) is 6.82. The van der Waals surface area contributed by atoms with E-state index in [0.717, 1.165) is 26.9 Å². The van der Waals surface area contributed by atoms with Crippen LogP contribution in [0.4, 0.5) is 10.1 Å². The SMILES string of the molecule is COc1ccc(/C=C/C(=O)Nc2c(C)nn(Cc3ccc(F)cc3)c2C)cc1COc1ccc(Cl)cc1Br. The molecular formula is C29H26BrClFN3O3. The van der Waals surface area contributed by atoms with Crippen molar-refractivity contribution in [3.63, 3.8) is 0 Å². The second-order valence-corrected chi connectivity index (χ2v) is 9.88. The van der Waals surface area contributed by atoms with Gasteiger partial charge >= 0.3 is 0 Å². The molecule has 9 heteroatoms. The number of hydrogen-bond acceptors (Lipinski definition) is 4. The van der Waals surface area contributed by atoms with Gasteiger partial charge in [0.1, 0.15) is 23.9 Å². The predicted molar refractivity (Wildman–Crippen MR) is 151 cm³/mol. The van der Waals surface area contributed by atoms with Crippen LogP contribution in [0.15, 0.2) is 71.2 Å². The van der Waals surface area contributed by atoms with Gasteiger partial charge in [0.2, 0.25) is 5.91 Å². The summed E-state index contributed by atoms with van der Waals surface area (Å²) in [7, 11) is 1.60.